The highest BCUT2D eigenvalue weighted by Crippen LogP contribution is 2.75. The Morgan fingerprint density at radius 2 is 1.08 bits per heavy atom. The Kier molecular flexibility index (Phi) is 20.4. The molecule has 9 aliphatic rings. The Labute approximate surface area is 489 Å². The fourth-order valence-electron chi connectivity index (χ4n) is 16.8. The Hall–Kier alpha value is -1.59. The molecule has 0 bridgehead atoms. The van der Waals surface area contributed by atoms with E-state index in [1.54, 1.807) is 0 Å². The lowest BCUT2D eigenvalue weighted by Gasteiger charge is -2.69. The lowest BCUT2D eigenvalue weighted by atomic mass is 9.35. The third-order valence-corrected chi connectivity index (χ3v) is 22.0. The van der Waals surface area contributed by atoms with Crippen LogP contribution in [-0.2, 0) is 52.2 Å². The number of carbonyl (C=O) groups is 1. The molecule has 0 amide bonds. The quantitative estimate of drug-likeness (QED) is 0.0513. The van der Waals surface area contributed by atoms with Crippen LogP contribution in [0.15, 0.2) is 11.6 Å². The number of ether oxygens (including phenoxy) is 10. The summed E-state index contributed by atoms with van der Waals surface area (Å²) >= 11 is 0. The van der Waals surface area contributed by atoms with Crippen molar-refractivity contribution in [1.82, 2.24) is 0 Å². The molecule has 9 rings (SSSR count). The van der Waals surface area contributed by atoms with E-state index in [1.165, 1.54) is 0 Å². The van der Waals surface area contributed by atoms with Gasteiger partial charge in [0.05, 0.1) is 44.7 Å². The predicted octanol–water partition coefficient (Wildman–Crippen LogP) is -2.89. The van der Waals surface area contributed by atoms with Gasteiger partial charge in [0, 0.05) is 12.3 Å². The van der Waals surface area contributed by atoms with Gasteiger partial charge in [-0.2, -0.15) is 0 Å². The third-order valence-electron chi connectivity index (χ3n) is 22.0. The van der Waals surface area contributed by atoms with E-state index < -0.39 is 195 Å². The SMILES string of the molecule is CC(C)=CCC[C@](C)(O[C@@H]1O[C@H](CO[C@@H]2OC[C@H](O)[C@H](O)[C@H]2O)[C@@H](O)[C@H](O)[C@H]1O)[C@H]1CC[C@]2(C)[C@@H]1C(=O)C[C@@H]1[C@@]3(C)CC[C@H](O[C@@H]4O[C@H](CO[C@@H]5OC[C@@H](O)[C@H](O)[C@H]5O)[C@@H](O)[C@H](O)[C@H]4O[C@@H]4O[C@H](CO)[C@@H](O)[C@H](O)[C@H]4O)C(C)(C)[C@@H]3CC[C@]12C. The van der Waals surface area contributed by atoms with Crippen LogP contribution < -0.4 is 0 Å². The first-order valence-corrected chi connectivity index (χ1v) is 30.1. The highest BCUT2D eigenvalue weighted by atomic mass is 16.8. The summed E-state index contributed by atoms with van der Waals surface area (Å²) in [6.07, 6.45) is -30.4. The average molecular weight is 1210 g/mol. The van der Waals surface area contributed by atoms with Crippen LogP contribution in [0, 0.1) is 45.3 Å². The van der Waals surface area contributed by atoms with Crippen LogP contribution in [0.2, 0.25) is 0 Å². The number of aliphatic hydroxyl groups is 15. The number of aliphatic hydroxyl groups excluding tert-OH is 15. The van der Waals surface area contributed by atoms with E-state index in [-0.39, 0.29) is 48.6 Å². The zero-order valence-corrected chi connectivity index (χ0v) is 49.3. The molecule has 0 unspecified atom stereocenters. The first kappa shape index (κ1) is 66.8. The smallest absolute Gasteiger partial charge is 0.187 e. The summed E-state index contributed by atoms with van der Waals surface area (Å²) in [6, 6.07) is 0. The number of hydrogen-bond acceptors (Lipinski definition) is 26. The largest absolute Gasteiger partial charge is 0.394 e. The van der Waals surface area contributed by atoms with E-state index in [0.717, 1.165) is 18.4 Å². The Morgan fingerprint density at radius 3 is 1.65 bits per heavy atom. The van der Waals surface area contributed by atoms with Gasteiger partial charge in [-0.25, -0.2) is 0 Å². The monoisotopic (exact) mass is 1210 g/mol. The van der Waals surface area contributed by atoms with Crippen molar-refractivity contribution in [3.8, 4) is 0 Å². The zero-order valence-electron chi connectivity index (χ0n) is 49.3. The molecular formula is C58H96O26. The highest BCUT2D eigenvalue weighted by molar-refractivity contribution is 5.84. The maximum atomic E-state index is 15.5. The van der Waals surface area contributed by atoms with Gasteiger partial charge < -0.3 is 124 Å². The van der Waals surface area contributed by atoms with E-state index in [4.69, 9.17) is 47.4 Å². The molecule has 26 nitrogen and oxygen atoms in total. The topological polar surface area (TPSA) is 413 Å². The number of fused-ring (bicyclic) bond motifs is 5. The number of carbonyl (C=O) groups excluding carboxylic acids is 1. The van der Waals surface area contributed by atoms with Crippen molar-refractivity contribution in [2.24, 2.45) is 45.3 Å². The summed E-state index contributed by atoms with van der Waals surface area (Å²) in [6.45, 7) is 14.4. The fourth-order valence-corrected chi connectivity index (χ4v) is 16.8. The fraction of sp³-hybridized carbons (Fsp3) is 0.948. The van der Waals surface area contributed by atoms with Gasteiger partial charge >= 0.3 is 0 Å². The van der Waals surface area contributed by atoms with Gasteiger partial charge in [0.1, 0.15) is 116 Å². The first-order valence-electron chi connectivity index (χ1n) is 30.1. The van der Waals surface area contributed by atoms with Crippen LogP contribution >= 0.6 is 0 Å². The third kappa shape index (κ3) is 12.0. The van der Waals surface area contributed by atoms with Crippen molar-refractivity contribution in [3.63, 3.8) is 0 Å². The van der Waals surface area contributed by atoms with Crippen LogP contribution in [0.1, 0.15) is 113 Å². The van der Waals surface area contributed by atoms with Crippen LogP contribution in [-0.4, -0.2) is 268 Å². The van der Waals surface area contributed by atoms with Crippen LogP contribution in [0.4, 0.5) is 0 Å². The average Bonchev–Trinajstić information content (AvgIpc) is 1.23. The molecule has 5 saturated heterocycles. The minimum Gasteiger partial charge on any atom is -0.394 e. The van der Waals surface area contributed by atoms with Gasteiger partial charge in [0.15, 0.2) is 31.5 Å². The number of ketones is 1. The molecule has 0 aromatic carbocycles. The number of rotatable bonds is 17. The standard InChI is InChI=1S/C58H96O26/c1-24(2)10-9-14-58(8,84-52-47(74)42(69)39(66)30(80-52)22-77-49-44(71)36(63)27(61)20-75-49)25-11-16-57(7)35(25)26(60)18-33-55(5)15-13-34(54(3,4)32(55)12-17-56(33,57)6)82-53-48(83-51-46(73)41(68)38(65)29(19-59)79-51)43(70)40(67)31(81-53)23-78-50-45(72)37(64)28(62)21-76-50/h10,25,27-53,59,61-74H,9,11-23H2,1-8H3/t25-,27-,28+,29+,30+,31+,32-,33+,34-,35-,36-,37-,38+,39+,40+,41-,42-,43-,44+,45+,46+,47+,48+,49-,50-,51-,52-,53-,55-,56+,57+,58-/m0/s1. The summed E-state index contributed by atoms with van der Waals surface area (Å²) in [5, 5.41) is 161. The minimum absolute atomic E-state index is 0.0624. The first-order chi connectivity index (χ1) is 39.3. The molecule has 9 fully saturated rings. The predicted molar refractivity (Wildman–Crippen MR) is 286 cm³/mol. The molecule has 0 aromatic rings. The lowest BCUT2D eigenvalue weighted by molar-refractivity contribution is -0.381. The van der Waals surface area contributed by atoms with Crippen LogP contribution in [0.25, 0.3) is 0 Å². The molecule has 4 aliphatic carbocycles. The minimum atomic E-state index is -1.89. The Bertz CT molecular complexity index is 2260. The highest BCUT2D eigenvalue weighted by Gasteiger charge is 2.72. The molecule has 5 heterocycles. The van der Waals surface area contributed by atoms with Gasteiger partial charge in [0.25, 0.3) is 0 Å². The number of Topliss-reactive ketones (excluding diaryl/α,β-unsaturated/α-hetero) is 1. The van der Waals surface area contributed by atoms with Crippen molar-refractivity contribution in [3.05, 3.63) is 11.6 Å². The zero-order chi connectivity index (χ0) is 61.5. The van der Waals surface area contributed by atoms with Crippen LogP contribution in [0.5, 0.6) is 0 Å². The van der Waals surface area contributed by atoms with E-state index in [0.29, 0.717) is 38.5 Å². The molecule has 5 aliphatic heterocycles. The normalized spacial score (nSPS) is 52.2. The summed E-state index contributed by atoms with van der Waals surface area (Å²) in [5.74, 6) is -0.946. The van der Waals surface area contributed by atoms with E-state index in [2.05, 4.69) is 40.7 Å². The van der Waals surface area contributed by atoms with Crippen molar-refractivity contribution in [2.75, 3.05) is 33.0 Å². The van der Waals surface area contributed by atoms with E-state index >= 15 is 4.79 Å². The maximum absolute atomic E-state index is 15.5. The second-order valence-corrected chi connectivity index (χ2v) is 27.5. The van der Waals surface area contributed by atoms with Crippen molar-refractivity contribution in [1.29, 1.82) is 0 Å². The molecule has 84 heavy (non-hydrogen) atoms. The van der Waals surface area contributed by atoms with Crippen LogP contribution in [0.3, 0.4) is 0 Å². The molecule has 4 saturated carbocycles. The van der Waals surface area contributed by atoms with Gasteiger partial charge in [0.2, 0.25) is 0 Å². The number of hydrogen-bond donors (Lipinski definition) is 15. The lowest BCUT2D eigenvalue weighted by Crippen LogP contribution is -2.67. The van der Waals surface area contributed by atoms with Gasteiger partial charge in [-0.05, 0) is 112 Å². The summed E-state index contributed by atoms with van der Waals surface area (Å²) in [5.41, 5.74) is -2.11. The van der Waals surface area contributed by atoms with Crippen molar-refractivity contribution >= 4 is 5.78 Å². The molecule has 26 heteroatoms. The van der Waals surface area contributed by atoms with Crippen molar-refractivity contribution < 1.29 is 129 Å². The molecule has 0 aromatic heterocycles. The molecule has 0 radical (unpaired) electrons. The molecule has 484 valence electrons. The summed E-state index contributed by atoms with van der Waals surface area (Å²) in [7, 11) is 0. The number of allylic oxidation sites excluding steroid dienone is 2. The second kappa shape index (κ2) is 25.6. The maximum Gasteiger partial charge on any atom is 0.187 e. The van der Waals surface area contributed by atoms with Gasteiger partial charge in [-0.3, -0.25) is 4.79 Å². The van der Waals surface area contributed by atoms with E-state index in [1.807, 2.05) is 20.8 Å². The summed E-state index contributed by atoms with van der Waals surface area (Å²) < 4.78 is 60.5. The van der Waals surface area contributed by atoms with Crippen molar-refractivity contribution in [2.45, 2.75) is 266 Å². The molecule has 32 atom stereocenters. The summed E-state index contributed by atoms with van der Waals surface area (Å²) in [4.78, 5) is 15.5. The Balaban J connectivity index is 0.940. The van der Waals surface area contributed by atoms with Gasteiger partial charge in [-0.1, -0.05) is 46.3 Å². The molecule has 0 spiro atoms. The van der Waals surface area contributed by atoms with E-state index in [9.17, 15) is 76.6 Å². The second-order valence-electron chi connectivity index (χ2n) is 27.5. The Morgan fingerprint density at radius 1 is 0.571 bits per heavy atom. The van der Waals surface area contributed by atoms with Gasteiger partial charge in [-0.15, -0.1) is 0 Å². The molecule has 15 N–H and O–H groups in total. The molecular weight excluding hydrogens is 1110 g/mol.